The molecule has 2 aromatic rings. The fraction of sp³-hybridized carbons (Fsp3) is 0.300. The predicted molar refractivity (Wildman–Crippen MR) is 97.1 cm³/mol. The fourth-order valence-corrected chi connectivity index (χ4v) is 2.55. The van der Waals surface area contributed by atoms with Crippen molar-refractivity contribution in [3.05, 3.63) is 59.7 Å². The second-order valence-electron chi connectivity index (χ2n) is 5.95. The minimum atomic E-state index is -0.552. The molecule has 2 aromatic carbocycles. The number of carbonyl (C=O) groups excluding carboxylic acids is 2. The number of rotatable bonds is 6. The summed E-state index contributed by atoms with van der Waals surface area (Å²) in [5, 5.41) is 0. The van der Waals surface area contributed by atoms with Crippen LogP contribution in [0.2, 0.25) is 0 Å². The molecular formula is C20H23NO4. The third kappa shape index (κ3) is 4.59. The van der Waals surface area contributed by atoms with Crippen LogP contribution in [-0.4, -0.2) is 31.6 Å². The number of hydrogen-bond acceptors (Lipinski definition) is 4. The van der Waals surface area contributed by atoms with Gasteiger partial charge in [-0.1, -0.05) is 24.3 Å². The number of anilines is 1. The van der Waals surface area contributed by atoms with Gasteiger partial charge in [-0.3, -0.25) is 4.79 Å². The van der Waals surface area contributed by atoms with Crippen LogP contribution in [0.1, 0.15) is 29.8 Å². The molecule has 0 unspecified atom stereocenters. The van der Waals surface area contributed by atoms with Gasteiger partial charge in [0, 0.05) is 11.7 Å². The number of ether oxygens (including phenoxy) is 2. The van der Waals surface area contributed by atoms with Gasteiger partial charge < -0.3 is 14.4 Å². The molecule has 0 radical (unpaired) electrons. The summed E-state index contributed by atoms with van der Waals surface area (Å²) in [5.74, 6) is -0.217. The Kier molecular flexibility index (Phi) is 6.17. The van der Waals surface area contributed by atoms with Crippen LogP contribution in [0.5, 0.6) is 5.75 Å². The van der Waals surface area contributed by atoms with Gasteiger partial charge in [0.15, 0.2) is 6.61 Å². The lowest BCUT2D eigenvalue weighted by Gasteiger charge is -2.26. The minimum absolute atomic E-state index is 0.0481. The topological polar surface area (TPSA) is 55.8 Å². The van der Waals surface area contributed by atoms with Crippen molar-refractivity contribution in [1.82, 2.24) is 0 Å². The molecule has 0 bridgehead atoms. The van der Waals surface area contributed by atoms with Gasteiger partial charge in [-0.15, -0.1) is 0 Å². The van der Waals surface area contributed by atoms with Crippen LogP contribution in [0.4, 0.5) is 5.69 Å². The van der Waals surface area contributed by atoms with E-state index in [2.05, 4.69) is 0 Å². The lowest BCUT2D eigenvalue weighted by atomic mass is 10.1. The highest BCUT2D eigenvalue weighted by atomic mass is 16.5. The number of nitrogens with zero attached hydrogens (tertiary/aromatic N) is 1. The molecule has 0 aliphatic heterocycles. The first-order valence-corrected chi connectivity index (χ1v) is 8.13. The second kappa shape index (κ2) is 8.33. The molecule has 0 atom stereocenters. The highest BCUT2D eigenvalue weighted by molar-refractivity contribution is 5.97. The molecule has 0 aliphatic rings. The van der Waals surface area contributed by atoms with Crippen LogP contribution < -0.4 is 9.64 Å². The number of methoxy groups -OCH3 is 1. The highest BCUT2D eigenvalue weighted by Gasteiger charge is 2.21. The lowest BCUT2D eigenvalue weighted by molar-refractivity contribution is -0.122. The summed E-state index contributed by atoms with van der Waals surface area (Å²) in [6.07, 6.45) is 0. The first kappa shape index (κ1) is 18.5. The van der Waals surface area contributed by atoms with Crippen LogP contribution in [0, 0.1) is 6.92 Å². The van der Waals surface area contributed by atoms with Crippen molar-refractivity contribution in [3.63, 3.8) is 0 Å². The van der Waals surface area contributed by atoms with E-state index in [1.165, 1.54) is 0 Å². The normalized spacial score (nSPS) is 10.4. The van der Waals surface area contributed by atoms with E-state index in [1.54, 1.807) is 30.2 Å². The van der Waals surface area contributed by atoms with Crippen molar-refractivity contribution in [2.75, 3.05) is 18.6 Å². The Morgan fingerprint density at radius 1 is 1.08 bits per heavy atom. The van der Waals surface area contributed by atoms with E-state index < -0.39 is 5.97 Å². The van der Waals surface area contributed by atoms with Gasteiger partial charge in [0.25, 0.3) is 5.91 Å². The standard InChI is InChI=1S/C20H23NO4/c1-14(2)21(17-8-6-5-7-9-17)19(22)13-25-20(23)16-11-10-15(3)18(12-16)24-4/h5-12,14H,13H2,1-4H3. The Bertz CT molecular complexity index is 741. The molecule has 2 rings (SSSR count). The van der Waals surface area contributed by atoms with Crippen molar-refractivity contribution in [2.45, 2.75) is 26.8 Å². The molecule has 0 N–H and O–H groups in total. The number of amides is 1. The molecule has 0 aliphatic carbocycles. The Hall–Kier alpha value is -2.82. The average molecular weight is 341 g/mol. The van der Waals surface area contributed by atoms with Gasteiger partial charge in [0.2, 0.25) is 0 Å². The lowest BCUT2D eigenvalue weighted by Crippen LogP contribution is -2.39. The number of para-hydroxylation sites is 1. The van der Waals surface area contributed by atoms with E-state index in [0.717, 1.165) is 11.3 Å². The number of aryl methyl sites for hydroxylation is 1. The van der Waals surface area contributed by atoms with Crippen molar-refractivity contribution >= 4 is 17.6 Å². The molecule has 0 heterocycles. The molecule has 132 valence electrons. The maximum absolute atomic E-state index is 12.5. The molecule has 25 heavy (non-hydrogen) atoms. The van der Waals surface area contributed by atoms with Gasteiger partial charge in [-0.2, -0.15) is 0 Å². The number of esters is 1. The number of carbonyl (C=O) groups is 2. The van der Waals surface area contributed by atoms with Crippen molar-refractivity contribution < 1.29 is 19.1 Å². The molecule has 1 amide bonds. The zero-order chi connectivity index (χ0) is 18.4. The summed E-state index contributed by atoms with van der Waals surface area (Å²) >= 11 is 0. The van der Waals surface area contributed by atoms with Crippen molar-refractivity contribution in [1.29, 1.82) is 0 Å². The first-order valence-electron chi connectivity index (χ1n) is 8.13. The van der Waals surface area contributed by atoms with Gasteiger partial charge in [0.05, 0.1) is 12.7 Å². The molecule has 0 saturated heterocycles. The zero-order valence-electron chi connectivity index (χ0n) is 15.0. The molecule has 0 spiro atoms. The van der Waals surface area contributed by atoms with E-state index in [-0.39, 0.29) is 18.6 Å². The summed E-state index contributed by atoms with van der Waals surface area (Å²) < 4.78 is 10.4. The molecule has 5 nitrogen and oxygen atoms in total. The summed E-state index contributed by atoms with van der Waals surface area (Å²) in [7, 11) is 1.54. The average Bonchev–Trinajstić information content (AvgIpc) is 2.60. The third-order valence-electron chi connectivity index (χ3n) is 3.79. The van der Waals surface area contributed by atoms with E-state index in [4.69, 9.17) is 9.47 Å². The molecule has 0 saturated carbocycles. The molecule has 0 fully saturated rings. The van der Waals surface area contributed by atoms with E-state index in [1.807, 2.05) is 51.1 Å². The Morgan fingerprint density at radius 3 is 2.36 bits per heavy atom. The van der Waals surface area contributed by atoms with Crippen LogP contribution in [0.15, 0.2) is 48.5 Å². The third-order valence-corrected chi connectivity index (χ3v) is 3.79. The van der Waals surface area contributed by atoms with Gasteiger partial charge in [-0.25, -0.2) is 4.79 Å². The van der Waals surface area contributed by atoms with Crippen LogP contribution >= 0.6 is 0 Å². The van der Waals surface area contributed by atoms with E-state index in [9.17, 15) is 9.59 Å². The summed E-state index contributed by atoms with van der Waals surface area (Å²) in [6.45, 7) is 5.40. The van der Waals surface area contributed by atoms with Crippen LogP contribution in [0.25, 0.3) is 0 Å². The van der Waals surface area contributed by atoms with Gasteiger partial charge >= 0.3 is 5.97 Å². The summed E-state index contributed by atoms with van der Waals surface area (Å²) in [4.78, 5) is 26.3. The molecule has 0 aromatic heterocycles. The predicted octanol–water partition coefficient (Wildman–Crippen LogP) is 3.60. The second-order valence-corrected chi connectivity index (χ2v) is 5.95. The molecule has 5 heteroatoms. The maximum Gasteiger partial charge on any atom is 0.338 e. The zero-order valence-corrected chi connectivity index (χ0v) is 15.0. The maximum atomic E-state index is 12.5. The Labute approximate surface area is 148 Å². The Balaban J connectivity index is 2.06. The van der Waals surface area contributed by atoms with Crippen LogP contribution in [0.3, 0.4) is 0 Å². The highest BCUT2D eigenvalue weighted by Crippen LogP contribution is 2.20. The van der Waals surface area contributed by atoms with Gasteiger partial charge in [-0.05, 0) is 50.6 Å². The SMILES string of the molecule is COc1cc(C(=O)OCC(=O)N(c2ccccc2)C(C)C)ccc1C. The molecular weight excluding hydrogens is 318 g/mol. The summed E-state index contributed by atoms with van der Waals surface area (Å²) in [6, 6.07) is 14.3. The number of hydrogen-bond donors (Lipinski definition) is 0. The monoisotopic (exact) mass is 341 g/mol. The first-order chi connectivity index (χ1) is 11.9. The summed E-state index contributed by atoms with van der Waals surface area (Å²) in [5.41, 5.74) is 2.05. The largest absolute Gasteiger partial charge is 0.496 e. The van der Waals surface area contributed by atoms with Crippen molar-refractivity contribution in [3.8, 4) is 5.75 Å². The van der Waals surface area contributed by atoms with Crippen LogP contribution in [-0.2, 0) is 9.53 Å². The minimum Gasteiger partial charge on any atom is -0.496 e. The van der Waals surface area contributed by atoms with Crippen molar-refractivity contribution in [2.24, 2.45) is 0 Å². The fourth-order valence-electron chi connectivity index (χ4n) is 2.55. The van der Waals surface area contributed by atoms with E-state index >= 15 is 0 Å². The van der Waals surface area contributed by atoms with E-state index in [0.29, 0.717) is 11.3 Å². The van der Waals surface area contributed by atoms with Gasteiger partial charge in [0.1, 0.15) is 5.75 Å². The Morgan fingerprint density at radius 2 is 1.76 bits per heavy atom. The number of benzene rings is 2. The quantitative estimate of drug-likeness (QED) is 0.753. The smallest absolute Gasteiger partial charge is 0.338 e.